The van der Waals surface area contributed by atoms with Gasteiger partial charge in [-0.2, -0.15) is 10.2 Å². The second kappa shape index (κ2) is 3.88. The number of hydrogen-bond donors (Lipinski definition) is 0. The maximum absolute atomic E-state index is 4.52. The molecule has 0 bridgehead atoms. The molecular weight excluding hydrogens is 236 g/mol. The Morgan fingerprint density at radius 3 is 2.58 bits per heavy atom. The van der Waals surface area contributed by atoms with Gasteiger partial charge in [0.2, 0.25) is 0 Å². The van der Waals surface area contributed by atoms with Crippen LogP contribution in [-0.2, 0) is 0 Å². The van der Waals surface area contributed by atoms with Crippen molar-refractivity contribution in [3.63, 3.8) is 0 Å². The summed E-state index contributed by atoms with van der Waals surface area (Å²) >= 11 is 0. The molecule has 2 aromatic carbocycles. The van der Waals surface area contributed by atoms with Gasteiger partial charge in [0.05, 0.1) is 23.4 Å². The monoisotopic (exact) mass is 246 g/mol. The molecule has 2 aromatic heterocycles. The molecule has 4 heteroatoms. The number of fused-ring (bicyclic) bond motifs is 3. The first-order chi connectivity index (χ1) is 9.43. The Balaban J connectivity index is 2.08. The van der Waals surface area contributed by atoms with Crippen LogP contribution >= 0.6 is 0 Å². The van der Waals surface area contributed by atoms with Crippen LogP contribution in [0.5, 0.6) is 0 Å². The van der Waals surface area contributed by atoms with Crippen LogP contribution in [0, 0.1) is 0 Å². The molecule has 0 aliphatic rings. The van der Waals surface area contributed by atoms with Gasteiger partial charge in [-0.05, 0) is 18.2 Å². The molecule has 0 aliphatic carbocycles. The lowest BCUT2D eigenvalue weighted by molar-refractivity contribution is 1.05. The Bertz CT molecular complexity index is 865. The zero-order chi connectivity index (χ0) is 12.7. The van der Waals surface area contributed by atoms with E-state index in [1.165, 1.54) is 0 Å². The highest BCUT2D eigenvalue weighted by atomic mass is 15.1. The van der Waals surface area contributed by atoms with Crippen LogP contribution in [0.3, 0.4) is 0 Å². The second-order valence-electron chi connectivity index (χ2n) is 4.38. The standard InChI is InChI=1S/C15H10N4/c1-2-4-12(5-3-1)19-10-16-15-13-9-18-17-8-11(13)6-7-14(15)19/h1-10H. The molecule has 2 heterocycles. The number of para-hydroxylation sites is 1. The first-order valence-corrected chi connectivity index (χ1v) is 6.05. The normalized spacial score (nSPS) is 11.2. The van der Waals surface area contributed by atoms with Gasteiger partial charge in [0.25, 0.3) is 0 Å². The second-order valence-corrected chi connectivity index (χ2v) is 4.38. The third-order valence-electron chi connectivity index (χ3n) is 3.28. The largest absolute Gasteiger partial charge is 0.299 e. The zero-order valence-electron chi connectivity index (χ0n) is 10.1. The van der Waals surface area contributed by atoms with E-state index in [-0.39, 0.29) is 0 Å². The molecule has 0 fully saturated rings. The van der Waals surface area contributed by atoms with Crippen molar-refractivity contribution in [1.82, 2.24) is 19.7 Å². The minimum Gasteiger partial charge on any atom is -0.299 e. The predicted molar refractivity (Wildman–Crippen MR) is 74.2 cm³/mol. The van der Waals surface area contributed by atoms with Crippen LogP contribution in [0.4, 0.5) is 0 Å². The van der Waals surface area contributed by atoms with Gasteiger partial charge in [0.1, 0.15) is 6.33 Å². The number of aromatic nitrogens is 4. The van der Waals surface area contributed by atoms with E-state index in [4.69, 9.17) is 0 Å². The van der Waals surface area contributed by atoms with Crippen LogP contribution in [0.25, 0.3) is 27.5 Å². The Hall–Kier alpha value is -2.75. The molecule has 0 saturated carbocycles. The predicted octanol–water partition coefficient (Wildman–Crippen LogP) is 2.97. The molecule has 0 spiro atoms. The van der Waals surface area contributed by atoms with E-state index in [0.717, 1.165) is 27.5 Å². The Morgan fingerprint density at radius 1 is 0.842 bits per heavy atom. The van der Waals surface area contributed by atoms with Crippen LogP contribution in [0.2, 0.25) is 0 Å². The van der Waals surface area contributed by atoms with Gasteiger partial charge in [-0.25, -0.2) is 4.98 Å². The summed E-state index contributed by atoms with van der Waals surface area (Å²) in [6.45, 7) is 0. The lowest BCUT2D eigenvalue weighted by Gasteiger charge is -2.04. The van der Waals surface area contributed by atoms with Crippen LogP contribution < -0.4 is 0 Å². The average Bonchev–Trinajstić information content (AvgIpc) is 2.92. The summed E-state index contributed by atoms with van der Waals surface area (Å²) in [6.07, 6.45) is 5.37. The van der Waals surface area contributed by atoms with Crippen molar-refractivity contribution in [2.75, 3.05) is 0 Å². The highest BCUT2D eigenvalue weighted by Crippen LogP contribution is 2.24. The molecule has 4 aromatic rings. The molecule has 0 saturated heterocycles. The highest BCUT2D eigenvalue weighted by molar-refractivity contribution is 6.03. The van der Waals surface area contributed by atoms with Crippen molar-refractivity contribution >= 4 is 21.8 Å². The zero-order valence-corrected chi connectivity index (χ0v) is 10.1. The van der Waals surface area contributed by atoms with E-state index >= 15 is 0 Å². The fraction of sp³-hybridized carbons (Fsp3) is 0. The molecule has 0 radical (unpaired) electrons. The lowest BCUT2D eigenvalue weighted by atomic mass is 10.1. The lowest BCUT2D eigenvalue weighted by Crippen LogP contribution is -1.91. The first-order valence-electron chi connectivity index (χ1n) is 6.05. The summed E-state index contributed by atoms with van der Waals surface area (Å²) in [5.41, 5.74) is 3.13. The summed E-state index contributed by atoms with van der Waals surface area (Å²) < 4.78 is 2.08. The Labute approximate surface area is 109 Å². The van der Waals surface area contributed by atoms with Gasteiger partial charge in [-0.1, -0.05) is 24.3 Å². The van der Waals surface area contributed by atoms with Crippen LogP contribution in [-0.4, -0.2) is 19.7 Å². The SMILES string of the molecule is c1ccc(-n2cnc3c4cnncc4ccc32)cc1. The molecule has 0 atom stereocenters. The number of imidazole rings is 1. The minimum atomic E-state index is 0.955. The average molecular weight is 246 g/mol. The smallest absolute Gasteiger partial charge is 0.100 e. The molecular formula is C15H10N4. The topological polar surface area (TPSA) is 43.6 Å². The quantitative estimate of drug-likeness (QED) is 0.518. The minimum absolute atomic E-state index is 0.955. The van der Waals surface area contributed by atoms with Crippen LogP contribution in [0.1, 0.15) is 0 Å². The van der Waals surface area contributed by atoms with Gasteiger partial charge >= 0.3 is 0 Å². The van der Waals surface area contributed by atoms with Crippen molar-refractivity contribution < 1.29 is 0 Å². The summed E-state index contributed by atoms with van der Waals surface area (Å²) in [4.78, 5) is 4.52. The molecule has 0 amide bonds. The van der Waals surface area contributed by atoms with E-state index in [1.807, 2.05) is 30.6 Å². The number of rotatable bonds is 1. The maximum atomic E-state index is 4.52. The molecule has 90 valence electrons. The molecule has 4 nitrogen and oxygen atoms in total. The van der Waals surface area contributed by atoms with E-state index < -0.39 is 0 Å². The van der Waals surface area contributed by atoms with E-state index in [0.29, 0.717) is 0 Å². The van der Waals surface area contributed by atoms with Crippen molar-refractivity contribution in [3.8, 4) is 5.69 Å². The van der Waals surface area contributed by atoms with Crippen molar-refractivity contribution in [2.45, 2.75) is 0 Å². The van der Waals surface area contributed by atoms with Gasteiger partial charge in [0.15, 0.2) is 0 Å². The van der Waals surface area contributed by atoms with Crippen molar-refractivity contribution in [1.29, 1.82) is 0 Å². The molecule has 4 rings (SSSR count). The summed E-state index contributed by atoms with van der Waals surface area (Å²) in [7, 11) is 0. The Kier molecular flexibility index (Phi) is 2.08. The number of benzene rings is 2. The summed E-state index contributed by atoms with van der Waals surface area (Å²) in [5.74, 6) is 0. The summed E-state index contributed by atoms with van der Waals surface area (Å²) in [6, 6.07) is 14.3. The molecule has 0 aliphatic heterocycles. The van der Waals surface area contributed by atoms with E-state index in [9.17, 15) is 0 Å². The Morgan fingerprint density at radius 2 is 1.68 bits per heavy atom. The first kappa shape index (κ1) is 10.2. The van der Waals surface area contributed by atoms with Crippen molar-refractivity contribution in [3.05, 3.63) is 61.2 Å². The molecule has 19 heavy (non-hydrogen) atoms. The third kappa shape index (κ3) is 1.50. The number of nitrogens with zero attached hydrogens (tertiary/aromatic N) is 4. The molecule has 0 unspecified atom stereocenters. The van der Waals surface area contributed by atoms with Gasteiger partial charge in [-0.15, -0.1) is 0 Å². The van der Waals surface area contributed by atoms with E-state index in [2.05, 4.69) is 37.9 Å². The van der Waals surface area contributed by atoms with E-state index in [1.54, 1.807) is 12.4 Å². The van der Waals surface area contributed by atoms with Gasteiger partial charge in [-0.3, -0.25) is 4.57 Å². The fourth-order valence-electron chi connectivity index (χ4n) is 2.35. The van der Waals surface area contributed by atoms with Gasteiger partial charge in [0, 0.05) is 16.5 Å². The third-order valence-corrected chi connectivity index (χ3v) is 3.28. The summed E-state index contributed by atoms with van der Waals surface area (Å²) in [5, 5.41) is 9.93. The van der Waals surface area contributed by atoms with Crippen LogP contribution in [0.15, 0.2) is 61.2 Å². The maximum Gasteiger partial charge on any atom is 0.100 e. The van der Waals surface area contributed by atoms with Gasteiger partial charge < -0.3 is 0 Å². The highest BCUT2D eigenvalue weighted by Gasteiger charge is 2.07. The van der Waals surface area contributed by atoms with Crippen molar-refractivity contribution in [2.24, 2.45) is 0 Å². The molecule has 0 N–H and O–H groups in total. The number of hydrogen-bond acceptors (Lipinski definition) is 3. The fourth-order valence-corrected chi connectivity index (χ4v) is 2.35.